The molecule has 0 spiro atoms. The number of rotatable bonds is 4. The summed E-state index contributed by atoms with van der Waals surface area (Å²) < 4.78 is 1.60. The van der Waals surface area contributed by atoms with Crippen LogP contribution >= 0.6 is 0 Å². The molecule has 2 rings (SSSR count). The molecule has 1 amide bonds. The highest BCUT2D eigenvalue weighted by molar-refractivity contribution is 5.93. The van der Waals surface area contributed by atoms with Crippen molar-refractivity contribution in [1.29, 1.82) is 0 Å². The zero-order chi connectivity index (χ0) is 13.8. The molecule has 1 unspecified atom stereocenters. The Morgan fingerprint density at radius 2 is 2.11 bits per heavy atom. The summed E-state index contributed by atoms with van der Waals surface area (Å²) >= 11 is 0. The van der Waals surface area contributed by atoms with E-state index in [1.807, 2.05) is 44.2 Å². The first-order valence-corrected chi connectivity index (χ1v) is 6.31. The van der Waals surface area contributed by atoms with Crippen LogP contribution in [0.25, 0.3) is 0 Å². The number of amides is 1. The van der Waals surface area contributed by atoms with E-state index in [2.05, 4.69) is 10.4 Å². The molecule has 0 saturated heterocycles. The monoisotopic (exact) mass is 258 g/mol. The predicted molar refractivity (Wildman–Crippen MR) is 74.6 cm³/mol. The summed E-state index contributed by atoms with van der Waals surface area (Å²) in [5.74, 6) is 0.196. The minimum atomic E-state index is -0.164. The highest BCUT2D eigenvalue weighted by atomic mass is 16.2. The Hall–Kier alpha value is -2.30. The number of carbonyl (C=O) groups excluding carboxylic acids is 1. The van der Waals surface area contributed by atoms with Crippen LogP contribution in [0.1, 0.15) is 35.9 Å². The standard InChI is InChI=1S/C14H18N4O/c1-3-18-12(9-13(15)17-18)14(19)16-10(2)11-7-5-4-6-8-11/h4-10H,3H2,1-2H3,(H2,15,17)(H,16,19). The molecule has 1 aromatic heterocycles. The zero-order valence-electron chi connectivity index (χ0n) is 11.1. The molecule has 19 heavy (non-hydrogen) atoms. The minimum Gasteiger partial charge on any atom is -0.382 e. The molecule has 3 N–H and O–H groups in total. The Bertz CT molecular complexity index is 562. The van der Waals surface area contributed by atoms with E-state index in [9.17, 15) is 4.79 Å². The number of nitrogen functional groups attached to an aromatic ring is 1. The number of nitrogens with zero attached hydrogens (tertiary/aromatic N) is 2. The van der Waals surface area contributed by atoms with Gasteiger partial charge in [-0.25, -0.2) is 0 Å². The number of carbonyl (C=O) groups is 1. The topological polar surface area (TPSA) is 72.9 Å². The van der Waals surface area contributed by atoms with Crippen molar-refractivity contribution in [3.63, 3.8) is 0 Å². The zero-order valence-corrected chi connectivity index (χ0v) is 11.1. The van der Waals surface area contributed by atoms with E-state index >= 15 is 0 Å². The van der Waals surface area contributed by atoms with Gasteiger partial charge in [0.05, 0.1) is 6.04 Å². The third-order valence-electron chi connectivity index (χ3n) is 2.98. The Morgan fingerprint density at radius 3 is 2.74 bits per heavy atom. The van der Waals surface area contributed by atoms with Gasteiger partial charge in [0.2, 0.25) is 0 Å². The van der Waals surface area contributed by atoms with Gasteiger partial charge in [-0.1, -0.05) is 30.3 Å². The Balaban J connectivity index is 2.13. The largest absolute Gasteiger partial charge is 0.382 e. The van der Waals surface area contributed by atoms with Gasteiger partial charge in [0.15, 0.2) is 0 Å². The second kappa shape index (κ2) is 5.56. The van der Waals surface area contributed by atoms with Gasteiger partial charge in [-0.05, 0) is 19.4 Å². The summed E-state index contributed by atoms with van der Waals surface area (Å²) in [4.78, 5) is 12.2. The number of benzene rings is 1. The molecule has 0 aliphatic heterocycles. The number of hydrogen-bond acceptors (Lipinski definition) is 3. The molecular weight excluding hydrogens is 240 g/mol. The highest BCUT2D eigenvalue weighted by Gasteiger charge is 2.16. The number of aryl methyl sites for hydroxylation is 1. The van der Waals surface area contributed by atoms with Crippen LogP contribution in [-0.2, 0) is 6.54 Å². The molecule has 0 saturated carbocycles. The van der Waals surface area contributed by atoms with Crippen LogP contribution in [0.3, 0.4) is 0 Å². The summed E-state index contributed by atoms with van der Waals surface area (Å²) in [7, 11) is 0. The van der Waals surface area contributed by atoms with Crippen molar-refractivity contribution in [1.82, 2.24) is 15.1 Å². The molecule has 2 aromatic rings. The van der Waals surface area contributed by atoms with E-state index in [1.165, 1.54) is 0 Å². The van der Waals surface area contributed by atoms with Gasteiger partial charge >= 0.3 is 0 Å². The van der Waals surface area contributed by atoms with Crippen LogP contribution in [-0.4, -0.2) is 15.7 Å². The molecule has 0 bridgehead atoms. The smallest absolute Gasteiger partial charge is 0.270 e. The van der Waals surface area contributed by atoms with Crippen LogP contribution in [0, 0.1) is 0 Å². The van der Waals surface area contributed by atoms with Crippen molar-refractivity contribution in [2.75, 3.05) is 5.73 Å². The van der Waals surface area contributed by atoms with Crippen molar-refractivity contribution < 1.29 is 4.79 Å². The maximum Gasteiger partial charge on any atom is 0.270 e. The molecule has 1 aromatic carbocycles. The maximum atomic E-state index is 12.2. The van der Waals surface area contributed by atoms with E-state index in [1.54, 1.807) is 10.7 Å². The molecule has 0 aliphatic rings. The van der Waals surface area contributed by atoms with Crippen LogP contribution in [0.5, 0.6) is 0 Å². The van der Waals surface area contributed by atoms with Crippen molar-refractivity contribution in [3.05, 3.63) is 47.7 Å². The lowest BCUT2D eigenvalue weighted by Gasteiger charge is -2.14. The SMILES string of the molecule is CCn1nc(N)cc1C(=O)NC(C)c1ccccc1. The third-order valence-corrected chi connectivity index (χ3v) is 2.98. The maximum absolute atomic E-state index is 12.2. The van der Waals surface area contributed by atoms with Gasteiger partial charge in [-0.15, -0.1) is 0 Å². The average Bonchev–Trinajstić information content (AvgIpc) is 2.81. The Kier molecular flexibility index (Phi) is 3.85. The summed E-state index contributed by atoms with van der Waals surface area (Å²) in [5, 5.41) is 7.01. The molecule has 1 atom stereocenters. The fourth-order valence-electron chi connectivity index (χ4n) is 1.96. The minimum absolute atomic E-state index is 0.0601. The third kappa shape index (κ3) is 2.93. The van der Waals surface area contributed by atoms with Gasteiger partial charge in [0.1, 0.15) is 11.5 Å². The summed E-state index contributed by atoms with van der Waals surface area (Å²) in [6.45, 7) is 4.48. The van der Waals surface area contributed by atoms with E-state index in [-0.39, 0.29) is 11.9 Å². The van der Waals surface area contributed by atoms with E-state index in [4.69, 9.17) is 5.73 Å². The molecule has 1 heterocycles. The van der Waals surface area contributed by atoms with E-state index in [0.29, 0.717) is 18.1 Å². The lowest BCUT2D eigenvalue weighted by atomic mass is 10.1. The number of nitrogens with two attached hydrogens (primary N) is 1. The summed E-state index contributed by atoms with van der Waals surface area (Å²) in [6.07, 6.45) is 0. The van der Waals surface area contributed by atoms with Gasteiger partial charge in [0.25, 0.3) is 5.91 Å². The fraction of sp³-hybridized carbons (Fsp3) is 0.286. The predicted octanol–water partition coefficient (Wildman–Crippen LogP) is 1.98. The van der Waals surface area contributed by atoms with Gasteiger partial charge in [-0.2, -0.15) is 5.10 Å². The highest BCUT2D eigenvalue weighted by Crippen LogP contribution is 2.13. The lowest BCUT2D eigenvalue weighted by Crippen LogP contribution is -2.28. The normalized spacial score (nSPS) is 12.1. The number of hydrogen-bond donors (Lipinski definition) is 2. The molecular formula is C14H18N4O. The lowest BCUT2D eigenvalue weighted by molar-refractivity contribution is 0.0929. The molecule has 5 heteroatoms. The van der Waals surface area contributed by atoms with E-state index < -0.39 is 0 Å². The van der Waals surface area contributed by atoms with E-state index in [0.717, 1.165) is 5.56 Å². The van der Waals surface area contributed by atoms with Gasteiger partial charge in [0, 0.05) is 12.6 Å². The number of anilines is 1. The average molecular weight is 258 g/mol. The number of nitrogens with one attached hydrogen (secondary N) is 1. The van der Waals surface area contributed by atoms with Gasteiger partial charge < -0.3 is 11.1 Å². The van der Waals surface area contributed by atoms with Crippen molar-refractivity contribution in [2.24, 2.45) is 0 Å². The summed E-state index contributed by atoms with van der Waals surface area (Å²) in [5.41, 5.74) is 7.17. The molecule has 0 fully saturated rings. The van der Waals surface area contributed by atoms with Crippen LogP contribution < -0.4 is 11.1 Å². The second-order valence-electron chi connectivity index (χ2n) is 4.38. The molecule has 0 radical (unpaired) electrons. The molecule has 0 aliphatic carbocycles. The van der Waals surface area contributed by atoms with Crippen molar-refractivity contribution in [2.45, 2.75) is 26.4 Å². The first kappa shape index (κ1) is 13.1. The Labute approximate surface area is 112 Å². The van der Waals surface area contributed by atoms with Gasteiger partial charge in [-0.3, -0.25) is 9.48 Å². The van der Waals surface area contributed by atoms with Crippen LogP contribution in [0.15, 0.2) is 36.4 Å². The van der Waals surface area contributed by atoms with Crippen molar-refractivity contribution >= 4 is 11.7 Å². The fourth-order valence-corrected chi connectivity index (χ4v) is 1.96. The molecule has 5 nitrogen and oxygen atoms in total. The summed E-state index contributed by atoms with van der Waals surface area (Å²) in [6, 6.07) is 11.3. The number of aromatic nitrogens is 2. The van der Waals surface area contributed by atoms with Crippen LogP contribution in [0.4, 0.5) is 5.82 Å². The quantitative estimate of drug-likeness (QED) is 0.880. The second-order valence-corrected chi connectivity index (χ2v) is 4.38. The first-order valence-electron chi connectivity index (χ1n) is 6.31. The van der Waals surface area contributed by atoms with Crippen LogP contribution in [0.2, 0.25) is 0 Å². The Morgan fingerprint density at radius 1 is 1.42 bits per heavy atom. The first-order chi connectivity index (χ1) is 9.11. The van der Waals surface area contributed by atoms with Crippen molar-refractivity contribution in [3.8, 4) is 0 Å². The molecule has 100 valence electrons.